The van der Waals surface area contributed by atoms with Crippen LogP contribution in [-0.2, 0) is 19.7 Å². The molecular formula is C11H22N2O4S. The number of nitrogens with zero attached hydrogens (tertiary/aromatic N) is 1. The molecular weight excluding hydrogens is 256 g/mol. The van der Waals surface area contributed by atoms with Crippen molar-refractivity contribution < 1.29 is 17.9 Å². The van der Waals surface area contributed by atoms with Gasteiger partial charge >= 0.3 is 5.97 Å². The van der Waals surface area contributed by atoms with Gasteiger partial charge < -0.3 is 4.74 Å². The second-order valence-corrected chi connectivity index (χ2v) is 6.35. The van der Waals surface area contributed by atoms with Crippen LogP contribution in [-0.4, -0.2) is 45.4 Å². The van der Waals surface area contributed by atoms with Gasteiger partial charge in [0.15, 0.2) is 0 Å². The molecule has 0 unspecified atom stereocenters. The molecule has 0 aromatic heterocycles. The zero-order valence-electron chi connectivity index (χ0n) is 11.0. The van der Waals surface area contributed by atoms with E-state index in [1.54, 1.807) is 7.05 Å². The topological polar surface area (TPSA) is 75.7 Å². The minimum absolute atomic E-state index is 0.0498. The SMILES string of the molecule is COC(=O)CCNS(=O)(=O)N(C)C1CCCCC1. The van der Waals surface area contributed by atoms with Crippen LogP contribution >= 0.6 is 0 Å². The van der Waals surface area contributed by atoms with Crippen LogP contribution in [0.5, 0.6) is 0 Å². The van der Waals surface area contributed by atoms with Crippen LogP contribution in [0.1, 0.15) is 38.5 Å². The Labute approximate surface area is 109 Å². The molecule has 1 fully saturated rings. The Balaban J connectivity index is 2.43. The number of nitrogens with one attached hydrogen (secondary N) is 1. The molecule has 106 valence electrons. The third kappa shape index (κ3) is 4.55. The number of hydrogen-bond donors (Lipinski definition) is 1. The Morgan fingerprint density at radius 2 is 1.94 bits per heavy atom. The maximum absolute atomic E-state index is 12.0. The quantitative estimate of drug-likeness (QED) is 0.724. The zero-order valence-corrected chi connectivity index (χ0v) is 11.8. The summed E-state index contributed by atoms with van der Waals surface area (Å²) in [6.07, 6.45) is 5.20. The lowest BCUT2D eigenvalue weighted by Crippen LogP contribution is -2.45. The van der Waals surface area contributed by atoms with Gasteiger partial charge in [-0.3, -0.25) is 4.79 Å². The Hall–Kier alpha value is -0.660. The molecule has 6 nitrogen and oxygen atoms in total. The minimum Gasteiger partial charge on any atom is -0.469 e. The molecule has 0 radical (unpaired) electrons. The number of carbonyl (C=O) groups is 1. The number of ether oxygens (including phenoxy) is 1. The molecule has 7 heteroatoms. The van der Waals surface area contributed by atoms with E-state index in [2.05, 4.69) is 9.46 Å². The standard InChI is InChI=1S/C11H22N2O4S/c1-13(10-6-4-3-5-7-10)18(15,16)12-9-8-11(14)17-2/h10,12H,3-9H2,1-2H3. The van der Waals surface area contributed by atoms with Crippen LogP contribution in [0.3, 0.4) is 0 Å². The van der Waals surface area contributed by atoms with Gasteiger partial charge in [0, 0.05) is 19.6 Å². The van der Waals surface area contributed by atoms with Gasteiger partial charge in [0.05, 0.1) is 13.5 Å². The highest BCUT2D eigenvalue weighted by Crippen LogP contribution is 2.22. The fraction of sp³-hybridized carbons (Fsp3) is 0.909. The first-order valence-electron chi connectivity index (χ1n) is 6.27. The molecule has 1 aliphatic carbocycles. The maximum atomic E-state index is 12.0. The Kier molecular flexibility index (Phi) is 6.04. The van der Waals surface area contributed by atoms with Crippen molar-refractivity contribution >= 4 is 16.2 Å². The third-order valence-electron chi connectivity index (χ3n) is 3.31. The minimum atomic E-state index is -3.49. The smallest absolute Gasteiger partial charge is 0.306 e. The molecule has 0 aromatic carbocycles. The van der Waals surface area contributed by atoms with E-state index in [1.165, 1.54) is 17.8 Å². The normalized spacial score (nSPS) is 17.9. The summed E-state index contributed by atoms with van der Waals surface area (Å²) in [5.41, 5.74) is 0. The summed E-state index contributed by atoms with van der Waals surface area (Å²) in [6, 6.07) is 0.0781. The van der Waals surface area contributed by atoms with Crippen molar-refractivity contribution in [3.05, 3.63) is 0 Å². The summed E-state index contributed by atoms with van der Waals surface area (Å²) in [6.45, 7) is 0.0755. The van der Waals surface area contributed by atoms with E-state index < -0.39 is 16.2 Å². The molecule has 0 aromatic rings. The first-order valence-corrected chi connectivity index (χ1v) is 7.71. The molecule has 1 saturated carbocycles. The molecule has 0 amide bonds. The van der Waals surface area contributed by atoms with Crippen molar-refractivity contribution in [2.75, 3.05) is 20.7 Å². The monoisotopic (exact) mass is 278 g/mol. The van der Waals surface area contributed by atoms with Crippen LogP contribution in [0.25, 0.3) is 0 Å². The van der Waals surface area contributed by atoms with Crippen LogP contribution in [0.15, 0.2) is 0 Å². The van der Waals surface area contributed by atoms with E-state index in [4.69, 9.17) is 0 Å². The van der Waals surface area contributed by atoms with E-state index >= 15 is 0 Å². The lowest BCUT2D eigenvalue weighted by molar-refractivity contribution is -0.140. The van der Waals surface area contributed by atoms with E-state index in [0.29, 0.717) is 0 Å². The zero-order chi connectivity index (χ0) is 13.6. The van der Waals surface area contributed by atoms with Crippen molar-refractivity contribution in [3.8, 4) is 0 Å². The average Bonchev–Trinajstić information content (AvgIpc) is 2.38. The molecule has 0 saturated heterocycles. The summed E-state index contributed by atoms with van der Waals surface area (Å²) < 4.78 is 32.2. The molecule has 1 N–H and O–H groups in total. The summed E-state index contributed by atoms with van der Waals surface area (Å²) in [7, 11) is -0.612. The Morgan fingerprint density at radius 1 is 1.33 bits per heavy atom. The fourth-order valence-corrected chi connectivity index (χ4v) is 3.29. The summed E-state index contributed by atoms with van der Waals surface area (Å²) in [5, 5.41) is 0. The molecule has 0 atom stereocenters. The van der Waals surface area contributed by atoms with E-state index in [9.17, 15) is 13.2 Å². The van der Waals surface area contributed by atoms with Gasteiger partial charge in [-0.05, 0) is 12.8 Å². The number of rotatable bonds is 6. The second kappa shape index (κ2) is 7.06. The van der Waals surface area contributed by atoms with Gasteiger partial charge in [0.2, 0.25) is 0 Å². The molecule has 0 aliphatic heterocycles. The van der Waals surface area contributed by atoms with E-state index in [-0.39, 0.29) is 19.0 Å². The first-order chi connectivity index (χ1) is 8.47. The molecule has 0 heterocycles. The fourth-order valence-electron chi connectivity index (χ4n) is 2.13. The van der Waals surface area contributed by atoms with Gasteiger partial charge in [0.25, 0.3) is 10.2 Å². The van der Waals surface area contributed by atoms with Crippen molar-refractivity contribution in [3.63, 3.8) is 0 Å². The lowest BCUT2D eigenvalue weighted by atomic mass is 9.96. The lowest BCUT2D eigenvalue weighted by Gasteiger charge is -2.30. The molecule has 0 bridgehead atoms. The Bertz CT molecular complexity index is 363. The van der Waals surface area contributed by atoms with Crippen molar-refractivity contribution in [2.45, 2.75) is 44.6 Å². The van der Waals surface area contributed by atoms with Crippen molar-refractivity contribution in [1.29, 1.82) is 0 Å². The van der Waals surface area contributed by atoms with Crippen LogP contribution < -0.4 is 4.72 Å². The van der Waals surface area contributed by atoms with Gasteiger partial charge in [-0.2, -0.15) is 12.7 Å². The number of methoxy groups -OCH3 is 1. The summed E-state index contributed by atoms with van der Waals surface area (Å²) in [4.78, 5) is 10.9. The average molecular weight is 278 g/mol. The van der Waals surface area contributed by atoms with Crippen molar-refractivity contribution in [2.24, 2.45) is 0 Å². The van der Waals surface area contributed by atoms with Crippen LogP contribution in [0.4, 0.5) is 0 Å². The van der Waals surface area contributed by atoms with Crippen molar-refractivity contribution in [1.82, 2.24) is 9.03 Å². The molecule has 0 spiro atoms. The highest BCUT2D eigenvalue weighted by molar-refractivity contribution is 7.87. The predicted molar refractivity (Wildman–Crippen MR) is 68.2 cm³/mol. The molecule has 1 aliphatic rings. The summed E-state index contributed by atoms with van der Waals surface area (Å²) in [5.74, 6) is -0.419. The number of esters is 1. The number of hydrogen-bond acceptors (Lipinski definition) is 4. The van der Waals surface area contributed by atoms with Gasteiger partial charge in [0.1, 0.15) is 0 Å². The number of carbonyl (C=O) groups excluding carboxylic acids is 1. The van der Waals surface area contributed by atoms with Gasteiger partial charge in [-0.25, -0.2) is 4.72 Å². The van der Waals surface area contributed by atoms with E-state index in [1.807, 2.05) is 0 Å². The van der Waals surface area contributed by atoms with E-state index in [0.717, 1.165) is 25.7 Å². The first kappa shape index (κ1) is 15.4. The Morgan fingerprint density at radius 3 is 2.50 bits per heavy atom. The van der Waals surface area contributed by atoms with Crippen LogP contribution in [0.2, 0.25) is 0 Å². The molecule has 1 rings (SSSR count). The largest absolute Gasteiger partial charge is 0.469 e. The maximum Gasteiger partial charge on any atom is 0.306 e. The summed E-state index contributed by atoms with van der Waals surface area (Å²) >= 11 is 0. The van der Waals surface area contributed by atoms with Crippen LogP contribution in [0, 0.1) is 0 Å². The third-order valence-corrected chi connectivity index (χ3v) is 4.93. The second-order valence-electron chi connectivity index (χ2n) is 4.53. The molecule has 18 heavy (non-hydrogen) atoms. The van der Waals surface area contributed by atoms with Gasteiger partial charge in [-0.1, -0.05) is 19.3 Å². The predicted octanol–water partition coefficient (Wildman–Crippen LogP) is 0.648. The highest BCUT2D eigenvalue weighted by atomic mass is 32.2. The highest BCUT2D eigenvalue weighted by Gasteiger charge is 2.27. The van der Waals surface area contributed by atoms with Gasteiger partial charge in [-0.15, -0.1) is 0 Å².